The molecule has 0 aromatic heterocycles. The van der Waals surface area contributed by atoms with Gasteiger partial charge in [0, 0.05) is 10.4 Å². The molecular weight excluding hydrogens is 360 g/mol. The standard InChI is InChI=1S/C15H20BrClO2S/c16-11-15(8-4-1-5-9-15)12-20(18,19)10-13-6-2-3-7-14(13)17/h2-3,6-7H,1,4-5,8-12H2. The van der Waals surface area contributed by atoms with Crippen molar-refractivity contribution in [3.05, 3.63) is 34.9 Å². The molecule has 0 amide bonds. The van der Waals surface area contributed by atoms with Gasteiger partial charge >= 0.3 is 0 Å². The highest BCUT2D eigenvalue weighted by atomic mass is 79.9. The van der Waals surface area contributed by atoms with Crippen LogP contribution in [0.3, 0.4) is 0 Å². The summed E-state index contributed by atoms with van der Waals surface area (Å²) in [5, 5.41) is 1.30. The van der Waals surface area contributed by atoms with Crippen molar-refractivity contribution < 1.29 is 8.42 Å². The van der Waals surface area contributed by atoms with Crippen molar-refractivity contribution in [1.29, 1.82) is 0 Å². The third kappa shape index (κ3) is 4.22. The van der Waals surface area contributed by atoms with Gasteiger partial charge in [-0.1, -0.05) is 65.0 Å². The fourth-order valence-electron chi connectivity index (χ4n) is 2.99. The second-order valence-corrected chi connectivity index (χ2v) is 8.85. The van der Waals surface area contributed by atoms with Gasteiger partial charge in [-0.25, -0.2) is 8.42 Å². The van der Waals surface area contributed by atoms with Crippen LogP contribution in [0.4, 0.5) is 0 Å². The SMILES string of the molecule is O=S(=O)(Cc1ccccc1Cl)CC1(CBr)CCCCC1. The number of rotatable bonds is 5. The lowest BCUT2D eigenvalue weighted by atomic mass is 9.77. The molecule has 1 aromatic rings. The van der Waals surface area contributed by atoms with Crippen LogP contribution < -0.4 is 0 Å². The Morgan fingerprint density at radius 3 is 2.40 bits per heavy atom. The minimum absolute atomic E-state index is 0.0431. The zero-order valence-electron chi connectivity index (χ0n) is 11.4. The van der Waals surface area contributed by atoms with E-state index in [0.29, 0.717) is 10.6 Å². The van der Waals surface area contributed by atoms with Crippen molar-refractivity contribution in [2.24, 2.45) is 5.41 Å². The monoisotopic (exact) mass is 378 g/mol. The Kier molecular flexibility index (Phi) is 5.55. The van der Waals surface area contributed by atoms with Crippen LogP contribution in [0.5, 0.6) is 0 Å². The lowest BCUT2D eigenvalue weighted by Gasteiger charge is -2.35. The third-order valence-corrected chi connectivity index (χ3v) is 7.42. The van der Waals surface area contributed by atoms with E-state index in [1.165, 1.54) is 6.42 Å². The van der Waals surface area contributed by atoms with E-state index < -0.39 is 9.84 Å². The first-order valence-corrected chi connectivity index (χ1v) is 10.3. The molecule has 112 valence electrons. The molecule has 0 atom stereocenters. The van der Waals surface area contributed by atoms with Gasteiger partial charge in [0.15, 0.2) is 9.84 Å². The normalized spacial score (nSPS) is 18.9. The third-order valence-electron chi connectivity index (χ3n) is 4.06. The Balaban J connectivity index is 2.12. The van der Waals surface area contributed by atoms with Crippen molar-refractivity contribution in [3.63, 3.8) is 0 Å². The Labute approximate surface area is 135 Å². The zero-order chi connectivity index (χ0) is 14.6. The van der Waals surface area contributed by atoms with E-state index in [4.69, 9.17) is 11.6 Å². The summed E-state index contributed by atoms with van der Waals surface area (Å²) < 4.78 is 25.0. The van der Waals surface area contributed by atoms with Crippen molar-refractivity contribution in [2.75, 3.05) is 11.1 Å². The Hall–Kier alpha value is -0.0600. The van der Waals surface area contributed by atoms with Crippen LogP contribution in [0.15, 0.2) is 24.3 Å². The van der Waals surface area contributed by atoms with E-state index in [1.807, 2.05) is 12.1 Å². The fourth-order valence-corrected chi connectivity index (χ4v) is 6.44. The predicted molar refractivity (Wildman–Crippen MR) is 88.3 cm³/mol. The lowest BCUT2D eigenvalue weighted by molar-refractivity contribution is 0.256. The van der Waals surface area contributed by atoms with E-state index in [9.17, 15) is 8.42 Å². The molecular formula is C15H20BrClO2S. The summed E-state index contributed by atoms with van der Waals surface area (Å²) in [6.45, 7) is 0. The molecule has 1 saturated carbocycles. The first kappa shape index (κ1) is 16.3. The van der Waals surface area contributed by atoms with Gasteiger partial charge in [-0.05, 0) is 29.9 Å². The van der Waals surface area contributed by atoms with Gasteiger partial charge in [-0.2, -0.15) is 0 Å². The summed E-state index contributed by atoms with van der Waals surface area (Å²) >= 11 is 9.60. The van der Waals surface area contributed by atoms with Gasteiger partial charge in [-0.15, -0.1) is 0 Å². The maximum absolute atomic E-state index is 12.5. The molecule has 5 heteroatoms. The van der Waals surface area contributed by atoms with Crippen LogP contribution in [0.25, 0.3) is 0 Å². The number of hydrogen-bond acceptors (Lipinski definition) is 2. The second kappa shape index (κ2) is 6.80. The molecule has 1 fully saturated rings. The highest BCUT2D eigenvalue weighted by Gasteiger charge is 2.35. The van der Waals surface area contributed by atoms with Gasteiger partial charge in [0.1, 0.15) is 0 Å². The van der Waals surface area contributed by atoms with Crippen LogP contribution in [0.2, 0.25) is 5.02 Å². The molecule has 0 bridgehead atoms. The first-order valence-electron chi connectivity index (χ1n) is 6.96. The maximum atomic E-state index is 12.5. The first-order chi connectivity index (χ1) is 9.46. The smallest absolute Gasteiger partial charge is 0.155 e. The molecule has 1 aliphatic carbocycles. The second-order valence-electron chi connectivity index (χ2n) is 5.82. The summed E-state index contributed by atoms with van der Waals surface area (Å²) in [4.78, 5) is 0. The Morgan fingerprint density at radius 1 is 1.15 bits per heavy atom. The molecule has 0 spiro atoms. The molecule has 2 rings (SSSR count). The van der Waals surface area contributed by atoms with Crippen LogP contribution in [-0.4, -0.2) is 19.5 Å². The average Bonchev–Trinajstić information content (AvgIpc) is 2.42. The van der Waals surface area contributed by atoms with E-state index >= 15 is 0 Å². The summed E-state index contributed by atoms with van der Waals surface area (Å²) in [5.41, 5.74) is 0.618. The van der Waals surface area contributed by atoms with Gasteiger partial charge in [0.2, 0.25) is 0 Å². The Bertz CT molecular complexity index is 551. The average molecular weight is 380 g/mol. The molecule has 0 radical (unpaired) electrons. The van der Waals surface area contributed by atoms with Crippen LogP contribution in [0, 0.1) is 5.41 Å². The number of benzene rings is 1. The van der Waals surface area contributed by atoms with Gasteiger partial charge in [0.05, 0.1) is 11.5 Å². The summed E-state index contributed by atoms with van der Waals surface area (Å²) in [6, 6.07) is 7.19. The van der Waals surface area contributed by atoms with Crippen molar-refractivity contribution in [2.45, 2.75) is 37.9 Å². The van der Waals surface area contributed by atoms with Gasteiger partial charge < -0.3 is 0 Å². The minimum atomic E-state index is -3.14. The van der Waals surface area contributed by atoms with Crippen LogP contribution in [-0.2, 0) is 15.6 Å². The highest BCUT2D eigenvalue weighted by Crippen LogP contribution is 2.39. The minimum Gasteiger partial charge on any atom is -0.228 e. The Morgan fingerprint density at radius 2 is 1.80 bits per heavy atom. The maximum Gasteiger partial charge on any atom is 0.155 e. The van der Waals surface area contributed by atoms with Crippen molar-refractivity contribution >= 4 is 37.4 Å². The topological polar surface area (TPSA) is 34.1 Å². The predicted octanol–water partition coefficient (Wildman–Crippen LogP) is 4.60. The van der Waals surface area contributed by atoms with Gasteiger partial charge in [0.25, 0.3) is 0 Å². The summed E-state index contributed by atoms with van der Waals surface area (Å²) in [6.07, 6.45) is 5.49. The van der Waals surface area contributed by atoms with Crippen molar-refractivity contribution in [3.8, 4) is 0 Å². The summed E-state index contributed by atoms with van der Waals surface area (Å²) in [7, 11) is -3.14. The molecule has 0 N–H and O–H groups in total. The van der Waals surface area contributed by atoms with Gasteiger partial charge in [-0.3, -0.25) is 0 Å². The molecule has 0 unspecified atom stereocenters. The quantitative estimate of drug-likeness (QED) is 0.701. The van der Waals surface area contributed by atoms with Crippen molar-refractivity contribution in [1.82, 2.24) is 0 Å². The van der Waals surface area contributed by atoms with E-state index in [-0.39, 0.29) is 16.9 Å². The molecule has 2 nitrogen and oxygen atoms in total. The van der Waals surface area contributed by atoms with E-state index in [1.54, 1.807) is 12.1 Å². The molecule has 0 aliphatic heterocycles. The summed E-state index contributed by atoms with van der Waals surface area (Å²) in [5.74, 6) is 0.303. The van der Waals surface area contributed by atoms with E-state index in [0.717, 1.165) is 31.0 Å². The molecule has 20 heavy (non-hydrogen) atoms. The number of sulfone groups is 1. The van der Waals surface area contributed by atoms with Crippen LogP contribution >= 0.6 is 27.5 Å². The number of halogens is 2. The number of hydrogen-bond donors (Lipinski definition) is 0. The van der Waals surface area contributed by atoms with E-state index in [2.05, 4.69) is 15.9 Å². The highest BCUT2D eigenvalue weighted by molar-refractivity contribution is 9.09. The molecule has 0 heterocycles. The molecule has 0 saturated heterocycles. The fraction of sp³-hybridized carbons (Fsp3) is 0.600. The lowest BCUT2D eigenvalue weighted by Crippen LogP contribution is -2.34. The number of alkyl halides is 1. The molecule has 1 aromatic carbocycles. The zero-order valence-corrected chi connectivity index (χ0v) is 14.6. The molecule has 1 aliphatic rings. The largest absolute Gasteiger partial charge is 0.228 e. The van der Waals surface area contributed by atoms with Crippen LogP contribution in [0.1, 0.15) is 37.7 Å².